The zero-order valence-corrected chi connectivity index (χ0v) is 18.9. The third-order valence-corrected chi connectivity index (χ3v) is 6.04. The number of nitrogens with one attached hydrogen (secondary N) is 2. The number of rotatable bonds is 11. The molecule has 2 amide bonds. The fraction of sp³-hybridized carbons (Fsp3) is 0.565. The fourth-order valence-corrected chi connectivity index (χ4v) is 4.10. The molecule has 0 aliphatic heterocycles. The molecular weight excluding hydrogens is 412 g/mol. The first-order valence-electron chi connectivity index (χ1n) is 10.9. The Morgan fingerprint density at radius 3 is 2.41 bits per heavy atom. The molecule has 1 saturated carbocycles. The van der Waals surface area contributed by atoms with Crippen molar-refractivity contribution >= 4 is 29.4 Å². The molecule has 1 aromatic carbocycles. The van der Waals surface area contributed by atoms with E-state index in [-0.39, 0.29) is 24.7 Å². The smallest absolute Gasteiger partial charge is 0.326 e. The Labute approximate surface area is 188 Å². The van der Waals surface area contributed by atoms with Gasteiger partial charge in [0, 0.05) is 38.5 Å². The minimum Gasteiger partial charge on any atom is -0.484 e. The second-order valence-electron chi connectivity index (χ2n) is 8.22. The molecule has 1 atom stereocenters. The van der Waals surface area contributed by atoms with Gasteiger partial charge < -0.3 is 26.2 Å². The van der Waals surface area contributed by atoms with E-state index in [9.17, 15) is 19.5 Å². The molecule has 5 N–H and O–H groups in total. The predicted molar refractivity (Wildman–Crippen MR) is 122 cm³/mol. The first kappa shape index (κ1) is 25.2. The third-order valence-electron chi connectivity index (χ3n) is 6.04. The number of aliphatic carboxylic acids is 1. The van der Waals surface area contributed by atoms with E-state index in [2.05, 4.69) is 15.6 Å². The molecule has 176 valence electrons. The Kier molecular flexibility index (Phi) is 9.49. The van der Waals surface area contributed by atoms with Crippen LogP contribution in [0.4, 0.5) is 5.69 Å². The summed E-state index contributed by atoms with van der Waals surface area (Å²) in [6, 6.07) is 5.91. The van der Waals surface area contributed by atoms with Crippen molar-refractivity contribution in [1.82, 2.24) is 10.6 Å². The second kappa shape index (κ2) is 12.1. The van der Waals surface area contributed by atoms with Crippen LogP contribution in [-0.4, -0.2) is 55.5 Å². The molecule has 0 saturated heterocycles. The van der Waals surface area contributed by atoms with Gasteiger partial charge in [0.05, 0.1) is 12.5 Å². The van der Waals surface area contributed by atoms with Gasteiger partial charge in [0.2, 0.25) is 11.8 Å². The molecular formula is C23H34N4O5. The van der Waals surface area contributed by atoms with Gasteiger partial charge in [-0.05, 0) is 37.0 Å². The van der Waals surface area contributed by atoms with Crippen molar-refractivity contribution < 1.29 is 24.2 Å². The number of carbonyl (C=O) groups is 3. The highest BCUT2D eigenvalue weighted by atomic mass is 16.5. The molecule has 1 aliphatic carbocycles. The van der Waals surface area contributed by atoms with E-state index in [0.717, 1.165) is 18.4 Å². The minimum atomic E-state index is -1.08. The summed E-state index contributed by atoms with van der Waals surface area (Å²) < 4.78 is 5.05. The van der Waals surface area contributed by atoms with E-state index in [4.69, 9.17) is 10.5 Å². The van der Waals surface area contributed by atoms with Crippen LogP contribution in [0.1, 0.15) is 50.5 Å². The molecule has 1 aliphatic rings. The molecule has 9 heteroatoms. The molecule has 1 aromatic rings. The first-order valence-corrected chi connectivity index (χ1v) is 10.9. The number of nitrogens with two attached hydrogens (primary N) is 1. The number of anilines is 1. The lowest BCUT2D eigenvalue weighted by Crippen LogP contribution is -2.49. The summed E-state index contributed by atoms with van der Waals surface area (Å²) in [6.45, 7) is 0.355. The standard InChI is InChI=1S/C23H34N4O5/c1-25-20(32-2)10-9-19(28)26-14-13-23(11-3-4-12-23)22(31)27-18(21(29)30)15-16-5-7-17(24)8-6-16/h5-8,18H,3-4,9-15,24H2,1-2H3,(H,26,28)(H,27,31)(H,29,30). The number of methoxy groups -OCH3 is 1. The number of benzene rings is 1. The van der Waals surface area contributed by atoms with Crippen LogP contribution < -0.4 is 16.4 Å². The lowest BCUT2D eigenvalue weighted by Gasteiger charge is -2.29. The number of hydrogen-bond acceptors (Lipinski definition) is 6. The highest BCUT2D eigenvalue weighted by Gasteiger charge is 2.42. The molecule has 0 radical (unpaired) electrons. The van der Waals surface area contributed by atoms with E-state index in [1.165, 1.54) is 7.11 Å². The monoisotopic (exact) mass is 446 g/mol. The zero-order valence-electron chi connectivity index (χ0n) is 18.9. The number of aliphatic imine (C=N–C) groups is 1. The van der Waals surface area contributed by atoms with Crippen molar-refractivity contribution in [3.8, 4) is 0 Å². The Bertz CT molecular complexity index is 816. The van der Waals surface area contributed by atoms with Crippen molar-refractivity contribution in [3.05, 3.63) is 29.8 Å². The lowest BCUT2D eigenvalue weighted by atomic mass is 9.81. The van der Waals surface area contributed by atoms with Crippen LogP contribution in [-0.2, 0) is 25.5 Å². The molecule has 0 bridgehead atoms. The fourth-order valence-electron chi connectivity index (χ4n) is 4.10. The number of nitrogen functional groups attached to an aromatic ring is 1. The summed E-state index contributed by atoms with van der Waals surface area (Å²) >= 11 is 0. The van der Waals surface area contributed by atoms with Crippen LogP contribution >= 0.6 is 0 Å². The molecule has 0 spiro atoms. The van der Waals surface area contributed by atoms with Crippen molar-refractivity contribution in [2.24, 2.45) is 10.4 Å². The molecule has 1 unspecified atom stereocenters. The van der Waals surface area contributed by atoms with Crippen LogP contribution in [0.25, 0.3) is 0 Å². The average Bonchev–Trinajstić information content (AvgIpc) is 3.25. The summed E-state index contributed by atoms with van der Waals surface area (Å²) in [4.78, 5) is 41.0. The number of amides is 2. The molecule has 9 nitrogen and oxygen atoms in total. The van der Waals surface area contributed by atoms with Crippen LogP contribution in [0.2, 0.25) is 0 Å². The molecule has 32 heavy (non-hydrogen) atoms. The van der Waals surface area contributed by atoms with Gasteiger partial charge in [0.15, 0.2) is 5.90 Å². The number of nitrogens with zero attached hydrogens (tertiary/aromatic N) is 1. The van der Waals surface area contributed by atoms with Crippen LogP contribution in [0.3, 0.4) is 0 Å². The Morgan fingerprint density at radius 1 is 1.19 bits per heavy atom. The number of hydrogen-bond donors (Lipinski definition) is 4. The number of carboxylic acid groups (broad SMARTS) is 1. The highest BCUT2D eigenvalue weighted by molar-refractivity contribution is 5.88. The van der Waals surface area contributed by atoms with E-state index in [1.54, 1.807) is 31.3 Å². The molecule has 1 fully saturated rings. The van der Waals surface area contributed by atoms with E-state index in [1.807, 2.05) is 0 Å². The van der Waals surface area contributed by atoms with Crippen molar-refractivity contribution in [2.75, 3.05) is 26.4 Å². The topological polar surface area (TPSA) is 143 Å². The summed E-state index contributed by atoms with van der Waals surface area (Å²) in [5.41, 5.74) is 6.40. The van der Waals surface area contributed by atoms with Gasteiger partial charge >= 0.3 is 5.97 Å². The average molecular weight is 447 g/mol. The quantitative estimate of drug-likeness (QED) is 0.232. The van der Waals surface area contributed by atoms with Crippen LogP contribution in [0, 0.1) is 5.41 Å². The summed E-state index contributed by atoms with van der Waals surface area (Å²) in [7, 11) is 3.12. The van der Waals surface area contributed by atoms with Gasteiger partial charge in [-0.1, -0.05) is 25.0 Å². The Balaban J connectivity index is 1.93. The second-order valence-corrected chi connectivity index (χ2v) is 8.22. The Hall–Kier alpha value is -3.10. The van der Waals surface area contributed by atoms with E-state index >= 15 is 0 Å². The molecule has 0 aromatic heterocycles. The first-order chi connectivity index (χ1) is 15.3. The number of ether oxygens (including phenoxy) is 1. The van der Waals surface area contributed by atoms with E-state index < -0.39 is 17.4 Å². The summed E-state index contributed by atoms with van der Waals surface area (Å²) in [5, 5.41) is 15.2. The number of carboxylic acids is 1. The van der Waals surface area contributed by atoms with Gasteiger partial charge in [-0.3, -0.25) is 14.6 Å². The van der Waals surface area contributed by atoms with Crippen LogP contribution in [0.5, 0.6) is 0 Å². The molecule has 2 rings (SSSR count). The van der Waals surface area contributed by atoms with Crippen molar-refractivity contribution in [1.29, 1.82) is 0 Å². The third kappa shape index (κ3) is 7.25. The zero-order chi connectivity index (χ0) is 23.6. The summed E-state index contributed by atoms with van der Waals surface area (Å²) in [6.07, 6.45) is 4.48. The molecule has 0 heterocycles. The maximum absolute atomic E-state index is 13.2. The van der Waals surface area contributed by atoms with Gasteiger partial charge in [0.1, 0.15) is 6.04 Å². The largest absolute Gasteiger partial charge is 0.484 e. The lowest BCUT2D eigenvalue weighted by molar-refractivity contribution is -0.144. The van der Waals surface area contributed by atoms with Crippen LogP contribution in [0.15, 0.2) is 29.3 Å². The van der Waals surface area contributed by atoms with Crippen molar-refractivity contribution in [2.45, 2.75) is 57.4 Å². The Morgan fingerprint density at radius 2 is 1.84 bits per heavy atom. The van der Waals surface area contributed by atoms with Gasteiger partial charge in [-0.15, -0.1) is 0 Å². The highest BCUT2D eigenvalue weighted by Crippen LogP contribution is 2.41. The maximum Gasteiger partial charge on any atom is 0.326 e. The summed E-state index contributed by atoms with van der Waals surface area (Å²) in [5.74, 6) is -0.967. The van der Waals surface area contributed by atoms with Gasteiger partial charge in [0.25, 0.3) is 0 Å². The SMILES string of the molecule is CN=C(CCC(=O)NCCC1(C(=O)NC(Cc2ccc(N)cc2)C(=O)O)CCCC1)OC. The maximum atomic E-state index is 13.2. The minimum absolute atomic E-state index is 0.136. The van der Waals surface area contributed by atoms with E-state index in [0.29, 0.717) is 43.8 Å². The number of carbonyl (C=O) groups excluding carboxylic acids is 2. The van der Waals surface area contributed by atoms with Gasteiger partial charge in [-0.25, -0.2) is 4.79 Å². The predicted octanol–water partition coefficient (Wildman–Crippen LogP) is 1.90. The van der Waals surface area contributed by atoms with Gasteiger partial charge in [-0.2, -0.15) is 0 Å². The normalized spacial score (nSPS) is 16.2. The van der Waals surface area contributed by atoms with Crippen molar-refractivity contribution in [3.63, 3.8) is 0 Å².